The van der Waals surface area contributed by atoms with Gasteiger partial charge in [-0.3, -0.25) is 4.57 Å². The lowest BCUT2D eigenvalue weighted by Crippen LogP contribution is -2.45. The normalized spacial score (nSPS) is 40.2. The summed E-state index contributed by atoms with van der Waals surface area (Å²) < 4.78 is 23.6. The molecule has 0 spiro atoms. The fourth-order valence-electron chi connectivity index (χ4n) is 4.34. The van der Waals surface area contributed by atoms with Gasteiger partial charge in [0.05, 0.1) is 6.61 Å². The summed E-state index contributed by atoms with van der Waals surface area (Å²) in [5.41, 5.74) is 0. The topological polar surface area (TPSA) is 32.8 Å². The van der Waals surface area contributed by atoms with E-state index in [1.54, 1.807) is 0 Å². The molecule has 3 aliphatic rings. The molecular formula is C14H25Cl2N2O2P. The molecule has 2 aliphatic carbocycles. The summed E-state index contributed by atoms with van der Waals surface area (Å²) in [6.07, 6.45) is 6.11. The van der Waals surface area contributed by atoms with Crippen LogP contribution < -0.4 is 0 Å². The number of halogens is 2. The van der Waals surface area contributed by atoms with Crippen LogP contribution in [0.4, 0.5) is 0 Å². The number of fused-ring (bicyclic) bond motifs is 2. The zero-order chi connectivity index (χ0) is 14.9. The van der Waals surface area contributed by atoms with Crippen molar-refractivity contribution < 1.29 is 9.09 Å². The molecule has 4 unspecified atom stereocenters. The van der Waals surface area contributed by atoms with Crippen LogP contribution in [0.25, 0.3) is 0 Å². The zero-order valence-corrected chi connectivity index (χ0v) is 14.8. The van der Waals surface area contributed by atoms with E-state index in [0.29, 0.717) is 43.4 Å². The summed E-state index contributed by atoms with van der Waals surface area (Å²) in [5, 5.41) is 0. The lowest BCUT2D eigenvalue weighted by atomic mass is 9.95. The van der Waals surface area contributed by atoms with Crippen molar-refractivity contribution >= 4 is 30.9 Å². The quantitative estimate of drug-likeness (QED) is 0.536. The van der Waals surface area contributed by atoms with Crippen LogP contribution in [0, 0.1) is 11.8 Å². The Labute approximate surface area is 137 Å². The molecule has 1 aliphatic heterocycles. The first-order chi connectivity index (χ1) is 10.2. The monoisotopic (exact) mass is 354 g/mol. The van der Waals surface area contributed by atoms with Crippen LogP contribution in [-0.4, -0.2) is 53.4 Å². The Kier molecular flexibility index (Phi) is 5.57. The molecule has 0 amide bonds. The van der Waals surface area contributed by atoms with Crippen molar-refractivity contribution in [2.24, 2.45) is 11.8 Å². The molecular weight excluding hydrogens is 330 g/mol. The van der Waals surface area contributed by atoms with Crippen molar-refractivity contribution in [1.82, 2.24) is 9.34 Å². The molecule has 0 aromatic rings. The molecule has 1 saturated heterocycles. The van der Waals surface area contributed by atoms with E-state index >= 15 is 0 Å². The molecule has 21 heavy (non-hydrogen) atoms. The van der Waals surface area contributed by atoms with Crippen molar-refractivity contribution in [3.63, 3.8) is 0 Å². The Balaban J connectivity index is 1.80. The molecule has 1 heterocycles. The van der Waals surface area contributed by atoms with E-state index in [2.05, 4.69) is 4.67 Å². The van der Waals surface area contributed by atoms with Crippen molar-refractivity contribution in [2.45, 2.75) is 38.1 Å². The minimum absolute atomic E-state index is 0.433. The Morgan fingerprint density at radius 3 is 2.52 bits per heavy atom. The molecule has 4 nitrogen and oxygen atoms in total. The van der Waals surface area contributed by atoms with E-state index in [9.17, 15) is 4.57 Å². The number of alkyl halides is 2. The van der Waals surface area contributed by atoms with Gasteiger partial charge in [0.25, 0.3) is 0 Å². The van der Waals surface area contributed by atoms with Crippen molar-refractivity contribution in [3.8, 4) is 0 Å². The van der Waals surface area contributed by atoms with Crippen molar-refractivity contribution in [2.75, 3.05) is 38.0 Å². The Bertz CT molecular complexity index is 406. The average Bonchev–Trinajstić information content (AvgIpc) is 3.10. The lowest BCUT2D eigenvalue weighted by molar-refractivity contribution is 0.121. The first-order valence-electron chi connectivity index (χ1n) is 8.08. The highest BCUT2D eigenvalue weighted by Gasteiger charge is 2.50. The van der Waals surface area contributed by atoms with Crippen LogP contribution >= 0.6 is 30.9 Å². The second-order valence-electron chi connectivity index (χ2n) is 6.41. The van der Waals surface area contributed by atoms with Gasteiger partial charge in [0, 0.05) is 37.4 Å². The fraction of sp³-hybridized carbons (Fsp3) is 1.00. The SMILES string of the molecule is O=P1(N(CCCl)CCCl)OCCCN1C1CC2CCC1C2. The Morgan fingerprint density at radius 1 is 1.19 bits per heavy atom. The smallest absolute Gasteiger partial charge is 0.306 e. The van der Waals surface area contributed by atoms with Gasteiger partial charge < -0.3 is 4.52 Å². The molecule has 7 heteroatoms. The zero-order valence-electron chi connectivity index (χ0n) is 12.4. The van der Waals surface area contributed by atoms with Gasteiger partial charge in [0.2, 0.25) is 0 Å². The summed E-state index contributed by atoms with van der Waals surface area (Å²) in [6.45, 7) is 2.60. The van der Waals surface area contributed by atoms with Crippen LogP contribution in [0.2, 0.25) is 0 Å². The standard InChI is InChI=1S/C14H25Cl2N2O2P/c15-4-7-17(8-5-16)21(19)18(6-1-9-20-21)14-11-12-2-3-13(14)10-12/h12-14H,1-11H2. The highest BCUT2D eigenvalue weighted by Crippen LogP contribution is 2.61. The third-order valence-electron chi connectivity index (χ3n) is 5.24. The predicted octanol–water partition coefficient (Wildman–Crippen LogP) is 3.79. The average molecular weight is 355 g/mol. The highest BCUT2D eigenvalue weighted by atomic mass is 35.5. The van der Waals surface area contributed by atoms with Gasteiger partial charge in [0.1, 0.15) is 0 Å². The second-order valence-corrected chi connectivity index (χ2v) is 9.49. The molecule has 0 aromatic heterocycles. The number of rotatable bonds is 6. The molecule has 0 N–H and O–H groups in total. The van der Waals surface area contributed by atoms with Gasteiger partial charge in [-0.2, -0.15) is 0 Å². The largest absolute Gasteiger partial charge is 0.346 e. The number of nitrogens with zero attached hydrogens (tertiary/aromatic N) is 2. The maximum Gasteiger partial charge on any atom is 0.346 e. The fourth-order valence-corrected chi connectivity index (χ4v) is 7.75. The van der Waals surface area contributed by atoms with Crippen molar-refractivity contribution in [3.05, 3.63) is 0 Å². The summed E-state index contributed by atoms with van der Waals surface area (Å²) in [5.74, 6) is 2.45. The van der Waals surface area contributed by atoms with Gasteiger partial charge in [-0.05, 0) is 37.5 Å². The summed E-state index contributed by atoms with van der Waals surface area (Å²) in [4.78, 5) is 0. The molecule has 3 rings (SSSR count). The minimum atomic E-state index is -2.95. The molecule has 2 bridgehead atoms. The van der Waals surface area contributed by atoms with E-state index < -0.39 is 7.67 Å². The number of hydrogen-bond acceptors (Lipinski definition) is 2. The van der Waals surface area contributed by atoms with E-state index in [1.165, 1.54) is 25.7 Å². The summed E-state index contributed by atoms with van der Waals surface area (Å²) in [6, 6.07) is 0.433. The Morgan fingerprint density at radius 2 is 1.95 bits per heavy atom. The molecule has 2 saturated carbocycles. The third-order valence-corrected chi connectivity index (χ3v) is 8.36. The molecule has 122 valence electrons. The first kappa shape index (κ1) is 16.5. The summed E-state index contributed by atoms with van der Waals surface area (Å²) in [7, 11) is -2.95. The third kappa shape index (κ3) is 3.18. The predicted molar refractivity (Wildman–Crippen MR) is 87.1 cm³/mol. The van der Waals surface area contributed by atoms with Gasteiger partial charge >= 0.3 is 7.67 Å². The van der Waals surface area contributed by atoms with E-state index in [4.69, 9.17) is 27.7 Å². The lowest BCUT2D eigenvalue weighted by Gasteiger charge is -2.45. The molecule has 4 atom stereocenters. The Hall–Kier alpha value is 0.690. The van der Waals surface area contributed by atoms with Crippen LogP contribution in [0.3, 0.4) is 0 Å². The highest BCUT2D eigenvalue weighted by molar-refractivity contribution is 7.54. The maximum absolute atomic E-state index is 13.6. The van der Waals surface area contributed by atoms with E-state index in [1.807, 2.05) is 4.67 Å². The van der Waals surface area contributed by atoms with E-state index in [-0.39, 0.29) is 0 Å². The maximum atomic E-state index is 13.6. The van der Waals surface area contributed by atoms with Crippen LogP contribution in [0.5, 0.6) is 0 Å². The molecule has 0 aromatic carbocycles. The van der Waals surface area contributed by atoms with Gasteiger partial charge in [-0.1, -0.05) is 6.42 Å². The van der Waals surface area contributed by atoms with E-state index in [0.717, 1.165) is 18.9 Å². The van der Waals surface area contributed by atoms with Crippen LogP contribution in [-0.2, 0) is 9.09 Å². The second kappa shape index (κ2) is 7.07. The van der Waals surface area contributed by atoms with Gasteiger partial charge in [-0.15, -0.1) is 23.2 Å². The van der Waals surface area contributed by atoms with Crippen molar-refractivity contribution in [1.29, 1.82) is 0 Å². The van der Waals surface area contributed by atoms with Gasteiger partial charge in [0.15, 0.2) is 0 Å². The minimum Gasteiger partial charge on any atom is -0.306 e. The first-order valence-corrected chi connectivity index (χ1v) is 10.7. The molecule has 3 fully saturated rings. The number of hydrogen-bond donors (Lipinski definition) is 0. The summed E-state index contributed by atoms with van der Waals surface area (Å²) >= 11 is 11.8. The van der Waals surface area contributed by atoms with Gasteiger partial charge in [-0.25, -0.2) is 9.34 Å². The van der Waals surface area contributed by atoms with Crippen LogP contribution in [0.15, 0.2) is 0 Å². The van der Waals surface area contributed by atoms with Crippen LogP contribution in [0.1, 0.15) is 32.1 Å². The molecule has 0 radical (unpaired) electrons.